The molecule has 0 fully saturated rings. The second-order valence-electron chi connectivity index (χ2n) is 4.67. The molecule has 0 aliphatic heterocycles. The van der Waals surface area contributed by atoms with Crippen molar-refractivity contribution >= 4 is 23.6 Å². The van der Waals surface area contributed by atoms with Crippen LogP contribution in [0.15, 0.2) is 64.3 Å². The molecule has 0 saturated carbocycles. The highest BCUT2D eigenvalue weighted by Gasteiger charge is 2.04. The minimum atomic E-state index is -0.419. The summed E-state index contributed by atoms with van der Waals surface area (Å²) in [5.74, 6) is -0.201. The van der Waals surface area contributed by atoms with Gasteiger partial charge >= 0.3 is 0 Å². The number of carbonyl (C=O) groups is 2. The highest BCUT2D eigenvalue weighted by Crippen LogP contribution is 2.01. The van der Waals surface area contributed by atoms with E-state index in [4.69, 9.17) is 4.42 Å². The Morgan fingerprint density at radius 2 is 1.96 bits per heavy atom. The van der Waals surface area contributed by atoms with Gasteiger partial charge in [-0.15, -0.1) is 0 Å². The molecule has 2 aromatic rings. The van der Waals surface area contributed by atoms with E-state index in [2.05, 4.69) is 15.8 Å². The third-order valence-corrected chi connectivity index (χ3v) is 2.88. The molecule has 0 unspecified atom stereocenters. The number of carbonyl (C=O) groups excluding carboxylic acids is 2. The molecule has 0 radical (unpaired) electrons. The number of nitrogens with one attached hydrogen (secondary N) is 2. The van der Waals surface area contributed by atoms with Gasteiger partial charge in [0, 0.05) is 6.08 Å². The van der Waals surface area contributed by atoms with Crippen molar-refractivity contribution in [3.05, 3.63) is 66.1 Å². The van der Waals surface area contributed by atoms with Crippen LogP contribution in [0.3, 0.4) is 0 Å². The Morgan fingerprint density at radius 3 is 2.65 bits per heavy atom. The Hall–Kier alpha value is -3.15. The third kappa shape index (κ3) is 5.62. The van der Waals surface area contributed by atoms with Gasteiger partial charge in [0.25, 0.3) is 5.91 Å². The van der Waals surface area contributed by atoms with E-state index in [0.29, 0.717) is 11.5 Å². The average Bonchev–Trinajstić information content (AvgIpc) is 3.11. The second-order valence-corrected chi connectivity index (χ2v) is 4.67. The molecule has 0 bridgehead atoms. The van der Waals surface area contributed by atoms with E-state index < -0.39 is 5.91 Å². The summed E-state index contributed by atoms with van der Waals surface area (Å²) in [4.78, 5) is 23.2. The first kappa shape index (κ1) is 16.2. The molecule has 2 rings (SSSR count). The van der Waals surface area contributed by atoms with Gasteiger partial charge in [-0.2, -0.15) is 5.10 Å². The molecule has 1 aromatic heterocycles. The van der Waals surface area contributed by atoms with E-state index in [1.807, 2.05) is 30.3 Å². The van der Waals surface area contributed by atoms with E-state index >= 15 is 0 Å². The lowest BCUT2D eigenvalue weighted by Crippen LogP contribution is -2.34. The van der Waals surface area contributed by atoms with Crippen LogP contribution in [0, 0.1) is 0 Å². The van der Waals surface area contributed by atoms with Crippen LogP contribution in [0.25, 0.3) is 6.08 Å². The Labute approximate surface area is 133 Å². The van der Waals surface area contributed by atoms with Gasteiger partial charge in [0.05, 0.1) is 12.8 Å². The average molecular weight is 311 g/mol. The number of amides is 2. The number of nitrogens with zero attached hydrogens (tertiary/aromatic N) is 1. The normalized spacial score (nSPS) is 11.4. The second kappa shape index (κ2) is 8.33. The third-order valence-electron chi connectivity index (χ3n) is 2.88. The summed E-state index contributed by atoms with van der Waals surface area (Å²) in [6.45, 7) is 1.55. The maximum absolute atomic E-state index is 11.6. The highest BCUT2D eigenvalue weighted by atomic mass is 16.3. The number of hydrazone groups is 1. The predicted octanol–water partition coefficient (Wildman–Crippen LogP) is 1.95. The van der Waals surface area contributed by atoms with Gasteiger partial charge in [-0.25, -0.2) is 5.43 Å². The molecule has 2 amide bonds. The molecule has 6 nitrogen and oxygen atoms in total. The smallest absolute Gasteiger partial charge is 0.259 e. The number of benzene rings is 1. The monoisotopic (exact) mass is 311 g/mol. The fourth-order valence-corrected chi connectivity index (χ4v) is 1.69. The van der Waals surface area contributed by atoms with Crippen LogP contribution in [0.2, 0.25) is 0 Å². The van der Waals surface area contributed by atoms with Crippen molar-refractivity contribution in [3.63, 3.8) is 0 Å². The van der Waals surface area contributed by atoms with Crippen LogP contribution in [-0.2, 0) is 9.59 Å². The van der Waals surface area contributed by atoms with Gasteiger partial charge in [0.1, 0.15) is 11.5 Å². The molecule has 1 heterocycles. The van der Waals surface area contributed by atoms with Crippen LogP contribution in [0.4, 0.5) is 0 Å². The maximum atomic E-state index is 11.6. The molecule has 0 aliphatic rings. The van der Waals surface area contributed by atoms with Crippen molar-refractivity contribution in [2.75, 3.05) is 6.54 Å². The fourth-order valence-electron chi connectivity index (χ4n) is 1.69. The maximum Gasteiger partial charge on any atom is 0.259 e. The van der Waals surface area contributed by atoms with Gasteiger partial charge in [0.2, 0.25) is 5.91 Å². The molecule has 2 N–H and O–H groups in total. The van der Waals surface area contributed by atoms with Crippen molar-refractivity contribution in [1.29, 1.82) is 0 Å². The summed E-state index contributed by atoms with van der Waals surface area (Å²) in [5, 5.41) is 6.37. The first-order valence-corrected chi connectivity index (χ1v) is 7.03. The molecular weight excluding hydrogens is 294 g/mol. The highest BCUT2D eigenvalue weighted by molar-refractivity contribution is 5.97. The SMILES string of the molecule is CC(=NNC(=O)CNC(=O)/C=C/c1ccccc1)c1ccco1. The summed E-state index contributed by atoms with van der Waals surface area (Å²) in [5.41, 5.74) is 3.80. The van der Waals surface area contributed by atoms with Gasteiger partial charge in [-0.1, -0.05) is 30.3 Å². The summed E-state index contributed by atoms with van der Waals surface area (Å²) in [7, 11) is 0. The van der Waals surface area contributed by atoms with Gasteiger partial charge in [0.15, 0.2) is 0 Å². The molecule has 0 spiro atoms. The van der Waals surface area contributed by atoms with Crippen LogP contribution in [0.5, 0.6) is 0 Å². The Kier molecular flexibility index (Phi) is 5.88. The van der Waals surface area contributed by atoms with Crippen molar-refractivity contribution in [1.82, 2.24) is 10.7 Å². The topological polar surface area (TPSA) is 83.7 Å². The van der Waals surface area contributed by atoms with Crippen LogP contribution in [-0.4, -0.2) is 24.1 Å². The zero-order chi connectivity index (χ0) is 16.5. The zero-order valence-corrected chi connectivity index (χ0v) is 12.7. The minimum Gasteiger partial charge on any atom is -0.463 e. The number of rotatable bonds is 6. The molecule has 1 aromatic carbocycles. The summed E-state index contributed by atoms with van der Waals surface area (Å²) in [6.07, 6.45) is 4.57. The molecule has 6 heteroatoms. The summed E-state index contributed by atoms with van der Waals surface area (Å²) in [6, 6.07) is 12.9. The fraction of sp³-hybridized carbons (Fsp3) is 0.118. The van der Waals surface area contributed by atoms with Crippen LogP contribution < -0.4 is 10.7 Å². The van der Waals surface area contributed by atoms with E-state index in [1.54, 1.807) is 25.1 Å². The predicted molar refractivity (Wildman–Crippen MR) is 87.5 cm³/mol. The lowest BCUT2D eigenvalue weighted by atomic mass is 10.2. The van der Waals surface area contributed by atoms with E-state index in [-0.39, 0.29) is 12.5 Å². The first-order chi connectivity index (χ1) is 11.1. The van der Waals surface area contributed by atoms with Crippen molar-refractivity contribution in [2.45, 2.75) is 6.92 Å². The van der Waals surface area contributed by atoms with E-state index in [0.717, 1.165) is 5.56 Å². The van der Waals surface area contributed by atoms with Gasteiger partial charge in [-0.3, -0.25) is 9.59 Å². The van der Waals surface area contributed by atoms with Crippen molar-refractivity contribution in [2.24, 2.45) is 5.10 Å². The molecule has 23 heavy (non-hydrogen) atoms. The number of furan rings is 1. The largest absolute Gasteiger partial charge is 0.463 e. The van der Waals surface area contributed by atoms with Crippen LogP contribution in [0.1, 0.15) is 18.2 Å². The van der Waals surface area contributed by atoms with Crippen LogP contribution >= 0.6 is 0 Å². The lowest BCUT2D eigenvalue weighted by molar-refractivity contribution is -0.123. The van der Waals surface area contributed by atoms with E-state index in [1.165, 1.54) is 12.3 Å². The van der Waals surface area contributed by atoms with E-state index in [9.17, 15) is 9.59 Å². The zero-order valence-electron chi connectivity index (χ0n) is 12.7. The van der Waals surface area contributed by atoms with Crippen molar-refractivity contribution in [3.8, 4) is 0 Å². The number of hydrogen-bond donors (Lipinski definition) is 2. The standard InChI is InChI=1S/C17H17N3O3/c1-13(15-8-5-11-23-15)19-20-17(22)12-18-16(21)10-9-14-6-3-2-4-7-14/h2-11H,12H2,1H3,(H,18,21)(H,20,22)/b10-9+,19-13?. The lowest BCUT2D eigenvalue weighted by Gasteiger charge is -2.02. The molecule has 0 saturated heterocycles. The quantitative estimate of drug-likeness (QED) is 0.486. The molecule has 118 valence electrons. The Bertz CT molecular complexity index is 704. The summed E-state index contributed by atoms with van der Waals surface area (Å²) < 4.78 is 5.14. The molecule has 0 atom stereocenters. The summed E-state index contributed by atoms with van der Waals surface area (Å²) >= 11 is 0. The molecular formula is C17H17N3O3. The van der Waals surface area contributed by atoms with Gasteiger partial charge < -0.3 is 9.73 Å². The minimum absolute atomic E-state index is 0.160. The van der Waals surface area contributed by atoms with Crippen molar-refractivity contribution < 1.29 is 14.0 Å². The molecule has 0 aliphatic carbocycles. The first-order valence-electron chi connectivity index (χ1n) is 7.03. The number of hydrogen-bond acceptors (Lipinski definition) is 4. The Balaban J connectivity index is 1.75. The Morgan fingerprint density at radius 1 is 1.17 bits per heavy atom. The van der Waals surface area contributed by atoms with Gasteiger partial charge in [-0.05, 0) is 30.7 Å².